The van der Waals surface area contributed by atoms with Crippen LogP contribution in [0.2, 0.25) is 0 Å². The monoisotopic (exact) mass is 789 g/mol. The second-order valence-corrected chi connectivity index (χ2v) is 14.3. The summed E-state index contributed by atoms with van der Waals surface area (Å²) in [5, 5.41) is 21.2. The molecule has 3 aromatic rings. The molecule has 0 amide bonds. The van der Waals surface area contributed by atoms with Crippen molar-refractivity contribution < 1.29 is 48.1 Å². The number of fused-ring (bicyclic) bond motifs is 1. The zero-order valence-corrected chi connectivity index (χ0v) is 31.5. The van der Waals surface area contributed by atoms with E-state index in [9.17, 15) is 39.0 Å². The number of benzene rings is 3. The molecule has 0 radical (unpaired) electrons. The molecule has 1 unspecified atom stereocenters. The Labute approximate surface area is 316 Å². The van der Waals surface area contributed by atoms with Crippen molar-refractivity contribution in [3.63, 3.8) is 0 Å². The fourth-order valence-corrected chi connectivity index (χ4v) is 6.40. The summed E-state index contributed by atoms with van der Waals surface area (Å²) in [6.07, 6.45) is 4.92. The molecule has 1 aliphatic rings. The van der Waals surface area contributed by atoms with Gasteiger partial charge in [-0.05, 0) is 101 Å². The summed E-state index contributed by atoms with van der Waals surface area (Å²) < 4.78 is 23.9. The first-order valence-corrected chi connectivity index (χ1v) is 19.6. The van der Waals surface area contributed by atoms with Crippen LogP contribution in [0.5, 0.6) is 5.75 Å². The number of ether oxygens (including phenoxy) is 2. The molecule has 0 aliphatic heterocycles. The van der Waals surface area contributed by atoms with E-state index in [1.165, 1.54) is 56.8 Å². The van der Waals surface area contributed by atoms with E-state index >= 15 is 0 Å². The van der Waals surface area contributed by atoms with E-state index in [2.05, 4.69) is 45.3 Å². The van der Waals surface area contributed by atoms with Gasteiger partial charge in [0, 0.05) is 29.8 Å². The number of allylic oxidation sites excluding steroid dienone is 3. The van der Waals surface area contributed by atoms with Crippen LogP contribution in [0.25, 0.3) is 17.2 Å². The summed E-state index contributed by atoms with van der Waals surface area (Å²) >= 11 is 1.71. The maximum atomic E-state index is 13.6. The van der Waals surface area contributed by atoms with E-state index in [0.29, 0.717) is 17.9 Å². The topological polar surface area (TPSA) is 186 Å². The quantitative estimate of drug-likeness (QED) is 0.0196. The molecular weight excluding hydrogens is 754 g/mol. The Balaban J connectivity index is 0.000000294. The van der Waals surface area contributed by atoms with Gasteiger partial charge in [-0.25, -0.2) is 9.18 Å². The molecule has 0 heterocycles. The van der Waals surface area contributed by atoms with Gasteiger partial charge in [-0.15, -0.1) is 32.0 Å². The number of hydrogen-bond acceptors (Lipinski definition) is 15. The number of thioether (sulfide) groups is 1. The van der Waals surface area contributed by atoms with Gasteiger partial charge in [0.15, 0.2) is 0 Å². The molecule has 0 saturated carbocycles. The molecule has 0 aromatic heterocycles. The Morgan fingerprint density at radius 1 is 1.00 bits per heavy atom. The minimum absolute atomic E-state index is 0.0439. The van der Waals surface area contributed by atoms with Gasteiger partial charge in [-0.3, -0.25) is 4.79 Å². The molecule has 0 bridgehead atoms. The third-order valence-electron chi connectivity index (χ3n) is 7.39. The lowest BCUT2D eigenvalue weighted by Crippen LogP contribution is -2.29. The van der Waals surface area contributed by atoms with Crippen molar-refractivity contribution in [1.82, 2.24) is 0 Å². The lowest BCUT2D eigenvalue weighted by molar-refractivity contribution is -0.789. The van der Waals surface area contributed by atoms with Gasteiger partial charge < -0.3 is 29.3 Å². The number of hydrogen-bond donors (Lipinski definition) is 1. The smallest absolute Gasteiger partial charge is 0.342 e. The number of anilines is 1. The van der Waals surface area contributed by atoms with Crippen LogP contribution in [0.1, 0.15) is 46.8 Å². The molecule has 0 fully saturated rings. The molecule has 0 spiro atoms. The first-order chi connectivity index (χ1) is 25.4. The Morgan fingerprint density at radius 3 is 2.36 bits per heavy atom. The van der Waals surface area contributed by atoms with Gasteiger partial charge >= 0.3 is 11.9 Å². The summed E-state index contributed by atoms with van der Waals surface area (Å²) in [4.78, 5) is 65.7. The molecule has 0 saturated heterocycles. The van der Waals surface area contributed by atoms with Crippen molar-refractivity contribution in [2.24, 2.45) is 0 Å². The van der Waals surface area contributed by atoms with Crippen LogP contribution in [-0.4, -0.2) is 73.0 Å². The number of carbonyl (C=O) groups excluding carboxylic acids is 3. The number of aldehydes is 1. The summed E-state index contributed by atoms with van der Waals surface area (Å²) in [5.41, 5.74) is 6.46. The third-order valence-corrected chi connectivity index (χ3v) is 9.91. The Kier molecular flexibility index (Phi) is 17.1. The Morgan fingerprint density at radius 2 is 1.74 bits per heavy atom. The molecule has 1 atom stereocenters. The highest BCUT2D eigenvalue weighted by Crippen LogP contribution is 2.43. The molecule has 1 N–H and O–H groups in total. The lowest BCUT2D eigenvalue weighted by Gasteiger charge is -2.15. The Bertz CT molecular complexity index is 1860. The van der Waals surface area contributed by atoms with E-state index in [-0.39, 0.29) is 23.7 Å². The Hall–Kier alpha value is -5.07. The van der Waals surface area contributed by atoms with Gasteiger partial charge in [-0.1, -0.05) is 39.8 Å². The first kappa shape index (κ1) is 42.3. The van der Waals surface area contributed by atoms with Gasteiger partial charge in [0.05, 0.1) is 6.42 Å². The highest BCUT2D eigenvalue weighted by molar-refractivity contribution is 8.76. The molecule has 18 heteroatoms. The highest BCUT2D eigenvalue weighted by atomic mass is 33.1. The predicted octanol–water partition coefficient (Wildman–Crippen LogP) is 7.44. The second kappa shape index (κ2) is 21.5. The van der Waals surface area contributed by atoms with Crippen LogP contribution in [-0.2, 0) is 24.0 Å². The summed E-state index contributed by atoms with van der Waals surface area (Å²) in [6.45, 7) is 1.28. The van der Waals surface area contributed by atoms with Crippen molar-refractivity contribution in [2.75, 3.05) is 43.8 Å². The van der Waals surface area contributed by atoms with Gasteiger partial charge in [-0.2, -0.15) is 0 Å². The van der Waals surface area contributed by atoms with Crippen molar-refractivity contribution in [3.8, 4) is 5.75 Å². The molecule has 14 nitrogen and oxygen atoms in total. The number of esters is 2. The van der Waals surface area contributed by atoms with E-state index < -0.39 is 41.2 Å². The zero-order valence-electron chi connectivity index (χ0n) is 29.0. The number of carbonyl (C=O) groups is 3. The normalized spacial score (nSPS) is 12.9. The van der Waals surface area contributed by atoms with Crippen LogP contribution >= 0.6 is 33.3 Å². The van der Waals surface area contributed by atoms with Crippen molar-refractivity contribution in [1.29, 1.82) is 0 Å². The third kappa shape index (κ3) is 13.1. The maximum Gasteiger partial charge on any atom is 0.342 e. The molecule has 3 aromatic carbocycles. The van der Waals surface area contributed by atoms with Gasteiger partial charge in [0.2, 0.25) is 0 Å². The van der Waals surface area contributed by atoms with Crippen molar-refractivity contribution >= 4 is 74.5 Å². The molecule has 1 aliphatic carbocycles. The molecular formula is C35H36FN3O11S3. The second-order valence-electron chi connectivity index (χ2n) is 10.7. The largest absolute Gasteiger partial charge is 0.461 e. The van der Waals surface area contributed by atoms with Crippen LogP contribution in [0, 0.1) is 26.0 Å². The SMILES string of the molecule is CNc1ccc(OC(=O)CC(CO[N+](=O)[O-])O[N+](=O)[O-])c(C(=O)OCCSSC)c1.CSc1ccc(/C=C2/C(C)=C(CC=O)c3cc(F)ccc32)cc1. The van der Waals surface area contributed by atoms with Crippen LogP contribution < -0.4 is 10.1 Å². The average Bonchev–Trinajstić information content (AvgIpc) is 3.38. The fraction of sp³-hybridized carbons (Fsp3) is 0.286. The van der Waals surface area contributed by atoms with Gasteiger partial charge in [0.1, 0.15) is 42.7 Å². The zero-order chi connectivity index (χ0) is 38.9. The molecule has 4 rings (SSSR count). The van der Waals surface area contributed by atoms with E-state index in [0.717, 1.165) is 39.7 Å². The number of nitrogens with one attached hydrogen (secondary N) is 1. The number of rotatable bonds is 18. The van der Waals surface area contributed by atoms with Gasteiger partial charge in [0.25, 0.3) is 10.2 Å². The minimum Gasteiger partial charge on any atom is -0.461 e. The van der Waals surface area contributed by atoms with E-state index in [1.807, 2.05) is 19.4 Å². The van der Waals surface area contributed by atoms with Crippen molar-refractivity contribution in [3.05, 3.63) is 115 Å². The number of halogens is 1. The predicted molar refractivity (Wildman–Crippen MR) is 203 cm³/mol. The van der Waals surface area contributed by atoms with E-state index in [4.69, 9.17) is 9.47 Å². The fourth-order valence-electron chi connectivity index (χ4n) is 4.97. The summed E-state index contributed by atoms with van der Waals surface area (Å²) in [7, 11) is 4.64. The van der Waals surface area contributed by atoms with Crippen LogP contribution in [0.3, 0.4) is 0 Å². The lowest BCUT2D eigenvalue weighted by atomic mass is 10.0. The maximum absolute atomic E-state index is 13.6. The van der Waals surface area contributed by atoms with Crippen LogP contribution in [0.4, 0.5) is 10.1 Å². The van der Waals surface area contributed by atoms with Crippen molar-refractivity contribution in [2.45, 2.75) is 30.8 Å². The molecule has 53 heavy (non-hydrogen) atoms. The summed E-state index contributed by atoms with van der Waals surface area (Å²) in [5.74, 6) is -1.61. The minimum atomic E-state index is -1.58. The van der Waals surface area contributed by atoms with Crippen LogP contribution in [0.15, 0.2) is 71.1 Å². The first-order valence-electron chi connectivity index (χ1n) is 15.6. The number of nitrogens with zero attached hydrogens (tertiary/aromatic N) is 2. The van der Waals surface area contributed by atoms with E-state index in [1.54, 1.807) is 24.9 Å². The highest BCUT2D eigenvalue weighted by Gasteiger charge is 2.25. The summed E-state index contributed by atoms with van der Waals surface area (Å²) in [6, 6.07) is 17.4. The standard InChI is InChI=1S/C20H17FOS.C15H19N3O10S2/c1-13-17(9-10-22)20-12-15(21)5-8-18(20)19(13)11-14-3-6-16(23-2)7-4-14;1-16-10-3-4-13(12(7-10)15(20)25-5-6-30-29-2)27-14(19)8-11(28-18(23)24)9-26-17(21)22/h3-8,10-12H,9H2,1-2H3;3-4,7,11,16H,5-6,8-9H2,1-2H3/b19-11-;. The molecule has 282 valence electrons. The average molecular weight is 790 g/mol.